The van der Waals surface area contributed by atoms with Crippen LogP contribution >= 0.6 is 0 Å². The average molecular weight is 639 g/mol. The second-order valence-corrected chi connectivity index (χ2v) is 15.7. The van der Waals surface area contributed by atoms with Crippen LogP contribution in [0.1, 0.15) is 49.9 Å². The fourth-order valence-corrected chi connectivity index (χ4v) is 10.5. The average Bonchev–Trinajstić information content (AvgIpc) is 3.88. The molecule has 50 heavy (non-hydrogen) atoms. The van der Waals surface area contributed by atoms with Crippen molar-refractivity contribution in [1.82, 2.24) is 8.97 Å². The summed E-state index contributed by atoms with van der Waals surface area (Å²) in [5.74, 6) is 0. The standard InChI is InChI=1S/C48H34N2/c1-47(2)33-19-11-8-17-29(33)40-35(47)22-24-38-42(40)32-26-31-28-16-10-13-21-37(28)49(27-14-6-5-7-15-27)45(31)44-43-39(50(38)46(32)44)25-23-36-41(43)30-18-9-12-20-34(30)48(36,3)4/h5-26H,1-4H3. The molecule has 0 atom stereocenters. The Bertz CT molecular complexity index is 3130. The van der Waals surface area contributed by atoms with Gasteiger partial charge in [0.1, 0.15) is 0 Å². The molecule has 0 fully saturated rings. The number of nitrogens with zero attached hydrogens (tertiary/aromatic N) is 2. The lowest BCUT2D eigenvalue weighted by atomic mass is 9.82. The highest BCUT2D eigenvalue weighted by molar-refractivity contribution is 6.37. The Labute approximate surface area is 290 Å². The molecule has 7 aromatic carbocycles. The Morgan fingerprint density at radius 2 is 0.960 bits per heavy atom. The maximum Gasteiger partial charge on any atom is 0.0642 e. The van der Waals surface area contributed by atoms with E-state index in [1.807, 2.05) is 0 Å². The monoisotopic (exact) mass is 638 g/mol. The van der Waals surface area contributed by atoms with Gasteiger partial charge in [-0.2, -0.15) is 0 Å². The summed E-state index contributed by atoms with van der Waals surface area (Å²) in [5, 5.41) is 8.05. The zero-order valence-corrected chi connectivity index (χ0v) is 28.6. The summed E-state index contributed by atoms with van der Waals surface area (Å²) in [7, 11) is 0. The molecule has 3 heterocycles. The van der Waals surface area contributed by atoms with Crippen molar-refractivity contribution in [3.8, 4) is 27.9 Å². The third-order valence-corrected chi connectivity index (χ3v) is 12.6. The van der Waals surface area contributed by atoms with Gasteiger partial charge in [-0.05, 0) is 80.9 Å². The fraction of sp³-hybridized carbons (Fsp3) is 0.125. The molecule has 3 aromatic heterocycles. The van der Waals surface area contributed by atoms with Crippen LogP contribution in [0.5, 0.6) is 0 Å². The van der Waals surface area contributed by atoms with Gasteiger partial charge in [0.2, 0.25) is 0 Å². The predicted molar refractivity (Wildman–Crippen MR) is 211 cm³/mol. The van der Waals surface area contributed by atoms with Crippen LogP contribution in [-0.2, 0) is 10.8 Å². The van der Waals surface area contributed by atoms with E-state index < -0.39 is 0 Å². The first kappa shape index (κ1) is 27.0. The summed E-state index contributed by atoms with van der Waals surface area (Å²) in [6, 6.07) is 50.4. The summed E-state index contributed by atoms with van der Waals surface area (Å²) >= 11 is 0. The van der Waals surface area contributed by atoms with Crippen LogP contribution in [0.25, 0.3) is 87.8 Å². The Kier molecular flexibility index (Phi) is 4.67. The third-order valence-electron chi connectivity index (χ3n) is 12.6. The summed E-state index contributed by atoms with van der Waals surface area (Å²) in [4.78, 5) is 0. The van der Waals surface area contributed by atoms with Gasteiger partial charge in [0.05, 0.1) is 27.6 Å². The van der Waals surface area contributed by atoms with Gasteiger partial charge < -0.3 is 8.97 Å². The number of benzene rings is 7. The first-order valence-electron chi connectivity index (χ1n) is 17.9. The molecule has 0 bridgehead atoms. The Hall–Kier alpha value is -5.86. The third kappa shape index (κ3) is 2.89. The molecule has 0 aliphatic heterocycles. The molecule has 236 valence electrons. The van der Waals surface area contributed by atoms with Crippen molar-refractivity contribution in [3.05, 3.63) is 156 Å². The molecular formula is C48H34N2. The van der Waals surface area contributed by atoms with E-state index in [4.69, 9.17) is 0 Å². The molecule has 0 N–H and O–H groups in total. The first-order valence-corrected chi connectivity index (χ1v) is 17.9. The molecule has 0 saturated heterocycles. The van der Waals surface area contributed by atoms with Crippen LogP contribution in [0.2, 0.25) is 0 Å². The maximum atomic E-state index is 2.62. The molecule has 0 spiro atoms. The minimum Gasteiger partial charge on any atom is -0.309 e. The number of rotatable bonds is 1. The quantitative estimate of drug-likeness (QED) is 0.169. The zero-order chi connectivity index (χ0) is 33.3. The number of hydrogen-bond acceptors (Lipinski definition) is 0. The lowest BCUT2D eigenvalue weighted by Gasteiger charge is -2.21. The molecule has 2 nitrogen and oxygen atoms in total. The van der Waals surface area contributed by atoms with Crippen molar-refractivity contribution in [2.45, 2.75) is 38.5 Å². The fourth-order valence-electron chi connectivity index (χ4n) is 10.5. The minimum atomic E-state index is -0.0878. The number of aromatic nitrogens is 2. The highest BCUT2D eigenvalue weighted by Gasteiger charge is 2.40. The van der Waals surface area contributed by atoms with Crippen molar-refractivity contribution < 1.29 is 0 Å². The van der Waals surface area contributed by atoms with Gasteiger partial charge in [-0.1, -0.05) is 125 Å². The predicted octanol–water partition coefficient (Wildman–Crippen LogP) is 12.5. The number of fused-ring (bicyclic) bond motifs is 18. The van der Waals surface area contributed by atoms with E-state index in [0.29, 0.717) is 0 Å². The maximum absolute atomic E-state index is 2.62. The van der Waals surface area contributed by atoms with Crippen molar-refractivity contribution in [1.29, 1.82) is 0 Å². The van der Waals surface area contributed by atoms with E-state index in [1.54, 1.807) is 0 Å². The highest BCUT2D eigenvalue weighted by Crippen LogP contribution is 2.58. The summed E-state index contributed by atoms with van der Waals surface area (Å²) < 4.78 is 5.15. The SMILES string of the molecule is CC1(C)c2ccccc2-c2c1ccc1c2c2cc3c4ccccc4n(-c4ccccc4)c3c3c4c5c(ccc4n1c23)C(C)(C)c1ccccc1-5. The van der Waals surface area contributed by atoms with Gasteiger partial charge in [0.25, 0.3) is 0 Å². The molecule has 0 amide bonds. The van der Waals surface area contributed by atoms with Crippen molar-refractivity contribution in [2.24, 2.45) is 0 Å². The van der Waals surface area contributed by atoms with Gasteiger partial charge >= 0.3 is 0 Å². The number of para-hydroxylation sites is 2. The topological polar surface area (TPSA) is 9.34 Å². The number of hydrogen-bond donors (Lipinski definition) is 0. The molecule has 2 heteroatoms. The van der Waals surface area contributed by atoms with Crippen LogP contribution in [-0.4, -0.2) is 8.97 Å². The van der Waals surface area contributed by atoms with E-state index in [-0.39, 0.29) is 10.8 Å². The summed E-state index contributed by atoms with van der Waals surface area (Å²) in [6.45, 7) is 9.58. The molecule has 2 aliphatic rings. The molecule has 0 unspecified atom stereocenters. The lowest BCUT2D eigenvalue weighted by molar-refractivity contribution is 0.661. The van der Waals surface area contributed by atoms with Crippen LogP contribution < -0.4 is 0 Å². The normalized spacial score (nSPS) is 15.5. The van der Waals surface area contributed by atoms with Gasteiger partial charge in [0, 0.05) is 48.8 Å². The Balaban J connectivity index is 1.41. The van der Waals surface area contributed by atoms with Gasteiger partial charge in [-0.3, -0.25) is 0 Å². The van der Waals surface area contributed by atoms with Gasteiger partial charge in [0.15, 0.2) is 0 Å². The largest absolute Gasteiger partial charge is 0.309 e. The zero-order valence-electron chi connectivity index (χ0n) is 28.6. The molecule has 12 rings (SSSR count). The van der Waals surface area contributed by atoms with Crippen LogP contribution in [0, 0.1) is 0 Å². The van der Waals surface area contributed by atoms with Crippen molar-refractivity contribution in [2.75, 3.05) is 0 Å². The van der Waals surface area contributed by atoms with Crippen LogP contribution in [0.3, 0.4) is 0 Å². The molecule has 10 aromatic rings. The summed E-state index contributed by atoms with van der Waals surface area (Å²) in [6.07, 6.45) is 0. The molecule has 2 aliphatic carbocycles. The first-order chi connectivity index (χ1) is 24.4. The van der Waals surface area contributed by atoms with Crippen molar-refractivity contribution >= 4 is 59.9 Å². The highest BCUT2D eigenvalue weighted by atomic mass is 15.0. The second kappa shape index (κ2) is 8.64. The van der Waals surface area contributed by atoms with E-state index in [9.17, 15) is 0 Å². The second-order valence-electron chi connectivity index (χ2n) is 15.7. The van der Waals surface area contributed by atoms with E-state index in [2.05, 4.69) is 170 Å². The van der Waals surface area contributed by atoms with Crippen LogP contribution in [0.15, 0.2) is 133 Å². The molecule has 0 saturated carbocycles. The molecule has 0 radical (unpaired) electrons. The van der Waals surface area contributed by atoms with Gasteiger partial charge in [-0.15, -0.1) is 0 Å². The minimum absolute atomic E-state index is 0.0665. The Morgan fingerprint density at radius 1 is 0.400 bits per heavy atom. The van der Waals surface area contributed by atoms with E-state index in [0.717, 1.165) is 0 Å². The Morgan fingerprint density at radius 3 is 1.64 bits per heavy atom. The van der Waals surface area contributed by atoms with Crippen LogP contribution in [0.4, 0.5) is 0 Å². The summed E-state index contributed by atoms with van der Waals surface area (Å²) in [5.41, 5.74) is 18.7. The van der Waals surface area contributed by atoms with E-state index in [1.165, 1.54) is 110 Å². The molecular weight excluding hydrogens is 605 g/mol. The smallest absolute Gasteiger partial charge is 0.0642 e. The lowest BCUT2D eigenvalue weighted by Crippen LogP contribution is -2.14. The van der Waals surface area contributed by atoms with Crippen molar-refractivity contribution in [3.63, 3.8) is 0 Å². The van der Waals surface area contributed by atoms with E-state index >= 15 is 0 Å². The van der Waals surface area contributed by atoms with Gasteiger partial charge in [-0.25, -0.2) is 0 Å².